The van der Waals surface area contributed by atoms with Crippen LogP contribution in [-0.4, -0.2) is 54.1 Å². The van der Waals surface area contributed by atoms with E-state index in [9.17, 15) is 4.79 Å². The van der Waals surface area contributed by atoms with Crippen LogP contribution in [0.4, 0.5) is 14.6 Å². The van der Waals surface area contributed by atoms with E-state index in [1.54, 1.807) is 30.5 Å². The maximum atomic E-state index is 16.4. The first-order chi connectivity index (χ1) is 22.7. The molecule has 0 spiro atoms. The average Bonchev–Trinajstić information content (AvgIpc) is 3.02. The van der Waals surface area contributed by atoms with Crippen molar-refractivity contribution in [2.45, 2.75) is 90.9 Å². The molecule has 0 aliphatic carbocycles. The number of hydrogen-bond acceptors (Lipinski definition) is 7. The summed E-state index contributed by atoms with van der Waals surface area (Å²) < 4.78 is 45.6. The second-order valence-electron chi connectivity index (χ2n) is 14.4. The highest BCUT2D eigenvalue weighted by atomic mass is 28.4. The van der Waals surface area contributed by atoms with Gasteiger partial charge in [0.25, 0.3) is 0 Å². The molecule has 5 rings (SSSR count). The largest absolute Gasteiger partial charge is 0.494 e. The smallest absolute Gasteiger partial charge is 0.356 e. The molecular formula is C37H47F2N5O3Si. The van der Waals surface area contributed by atoms with Crippen LogP contribution < -0.4 is 15.3 Å². The number of rotatable bonds is 9. The molecule has 4 aromatic rings. The SMILES string of the molecule is COc1ccnc(C(C)C)c1-n1c(=O)nc(N2CCCC[C@@H]2C)c2cc(F)c(-c3c(F)cccc3/C=C/CO[Si](C)(C)C(C)(C)C)nc21. The van der Waals surface area contributed by atoms with Crippen LogP contribution in [0.3, 0.4) is 0 Å². The molecule has 1 atom stereocenters. The van der Waals surface area contributed by atoms with E-state index in [4.69, 9.17) is 14.1 Å². The van der Waals surface area contributed by atoms with Crippen LogP contribution in [0.2, 0.25) is 18.1 Å². The van der Waals surface area contributed by atoms with Gasteiger partial charge in [-0.2, -0.15) is 4.98 Å². The molecule has 1 saturated heterocycles. The van der Waals surface area contributed by atoms with Gasteiger partial charge in [0.2, 0.25) is 0 Å². The highest BCUT2D eigenvalue weighted by Crippen LogP contribution is 2.38. The zero-order chi connectivity index (χ0) is 35.0. The molecule has 4 heterocycles. The van der Waals surface area contributed by atoms with Crippen molar-refractivity contribution in [1.82, 2.24) is 19.5 Å². The fourth-order valence-electron chi connectivity index (χ4n) is 5.96. The molecule has 256 valence electrons. The summed E-state index contributed by atoms with van der Waals surface area (Å²) in [5.74, 6) is -0.706. The summed E-state index contributed by atoms with van der Waals surface area (Å²) in [5, 5.41) is 0.381. The average molecular weight is 676 g/mol. The van der Waals surface area contributed by atoms with Crippen molar-refractivity contribution in [2.24, 2.45) is 0 Å². The van der Waals surface area contributed by atoms with Crippen molar-refractivity contribution in [2.75, 3.05) is 25.2 Å². The number of ether oxygens (including phenoxy) is 1. The van der Waals surface area contributed by atoms with Crippen LogP contribution in [0, 0.1) is 11.6 Å². The Morgan fingerprint density at radius 2 is 1.85 bits per heavy atom. The first-order valence-corrected chi connectivity index (χ1v) is 19.6. The molecule has 0 bridgehead atoms. The predicted molar refractivity (Wildman–Crippen MR) is 192 cm³/mol. The molecular weight excluding hydrogens is 629 g/mol. The number of anilines is 1. The van der Waals surface area contributed by atoms with E-state index in [1.807, 2.05) is 24.8 Å². The van der Waals surface area contributed by atoms with Gasteiger partial charge in [-0.3, -0.25) is 4.98 Å². The molecule has 0 amide bonds. The zero-order valence-electron chi connectivity index (χ0n) is 29.5. The van der Waals surface area contributed by atoms with Crippen LogP contribution >= 0.6 is 0 Å². The van der Waals surface area contributed by atoms with Gasteiger partial charge in [0.15, 0.2) is 19.8 Å². The Labute approximate surface area is 283 Å². The summed E-state index contributed by atoms with van der Waals surface area (Å²) >= 11 is 0. The second-order valence-corrected chi connectivity index (χ2v) is 19.2. The van der Waals surface area contributed by atoms with Gasteiger partial charge in [0.1, 0.15) is 28.8 Å². The zero-order valence-corrected chi connectivity index (χ0v) is 30.5. The van der Waals surface area contributed by atoms with Crippen molar-refractivity contribution in [3.63, 3.8) is 0 Å². The minimum absolute atomic E-state index is 0.00795. The molecule has 11 heteroatoms. The molecule has 1 fully saturated rings. The predicted octanol–water partition coefficient (Wildman–Crippen LogP) is 8.67. The summed E-state index contributed by atoms with van der Waals surface area (Å²) in [6.45, 7) is 17.8. The van der Waals surface area contributed by atoms with Gasteiger partial charge < -0.3 is 14.1 Å². The van der Waals surface area contributed by atoms with Crippen LogP contribution in [0.25, 0.3) is 34.1 Å². The summed E-state index contributed by atoms with van der Waals surface area (Å²) in [5.41, 5.74) is 0.716. The number of nitrogens with zero attached hydrogens (tertiary/aromatic N) is 5. The van der Waals surface area contributed by atoms with Crippen LogP contribution in [0.5, 0.6) is 5.75 Å². The molecule has 0 unspecified atom stereocenters. The van der Waals surface area contributed by atoms with Gasteiger partial charge in [-0.25, -0.2) is 23.1 Å². The Hall–Kier alpha value is -3.96. The lowest BCUT2D eigenvalue weighted by Gasteiger charge is -2.35. The molecule has 3 aromatic heterocycles. The number of methoxy groups -OCH3 is 1. The van der Waals surface area contributed by atoms with E-state index in [2.05, 4.69) is 50.8 Å². The number of piperidine rings is 1. The molecule has 0 saturated carbocycles. The van der Waals surface area contributed by atoms with Gasteiger partial charge in [-0.15, -0.1) is 0 Å². The Bertz CT molecular complexity index is 1900. The lowest BCUT2D eigenvalue weighted by molar-refractivity contribution is 0.328. The number of pyridine rings is 2. The first-order valence-electron chi connectivity index (χ1n) is 16.7. The van der Waals surface area contributed by atoms with E-state index in [0.29, 0.717) is 47.1 Å². The molecule has 8 nitrogen and oxygen atoms in total. The Kier molecular flexibility index (Phi) is 10.2. The van der Waals surface area contributed by atoms with E-state index in [1.165, 1.54) is 23.8 Å². The third kappa shape index (κ3) is 6.80. The molecule has 0 N–H and O–H groups in total. The lowest BCUT2D eigenvalue weighted by Crippen LogP contribution is -2.40. The third-order valence-corrected chi connectivity index (χ3v) is 14.2. The van der Waals surface area contributed by atoms with Gasteiger partial charge in [-0.05, 0) is 67.9 Å². The molecule has 1 aromatic carbocycles. The normalized spacial score (nSPS) is 16.0. The summed E-state index contributed by atoms with van der Waals surface area (Å²) in [6, 6.07) is 7.66. The number of hydrogen-bond donors (Lipinski definition) is 0. The summed E-state index contributed by atoms with van der Waals surface area (Å²) in [6.07, 6.45) is 8.06. The lowest BCUT2D eigenvalue weighted by atomic mass is 10.0. The maximum absolute atomic E-state index is 16.4. The topological polar surface area (TPSA) is 82.4 Å². The van der Waals surface area contributed by atoms with E-state index in [-0.39, 0.29) is 33.9 Å². The third-order valence-electron chi connectivity index (χ3n) is 9.71. The Morgan fingerprint density at radius 3 is 2.52 bits per heavy atom. The molecule has 0 radical (unpaired) electrons. The number of aromatic nitrogens is 4. The first kappa shape index (κ1) is 35.3. The molecule has 1 aliphatic rings. The monoisotopic (exact) mass is 675 g/mol. The van der Waals surface area contributed by atoms with Gasteiger partial charge in [-0.1, -0.05) is 58.9 Å². The number of fused-ring (bicyclic) bond motifs is 1. The standard InChI is InChI=1S/C37H47F2N5O3Si/c1-23(2)31-33(29(46-7)18-19-40-31)44-35-26(34(42-36(44)45)43-20-11-10-14-24(43)3)22-28(39)32(41-35)30-25(15-12-17-27(30)38)16-13-21-47-48(8,9)37(4,5)6/h12-13,15-19,22-24H,10-11,14,20-21H2,1-9H3/b16-13+/t24-/m0/s1. The van der Waals surface area contributed by atoms with Gasteiger partial charge in [0, 0.05) is 30.4 Å². The number of halogens is 2. The van der Waals surface area contributed by atoms with Crippen LogP contribution in [0.1, 0.15) is 78.0 Å². The quantitative estimate of drug-likeness (QED) is 0.164. The van der Waals surface area contributed by atoms with E-state index < -0.39 is 25.6 Å². The van der Waals surface area contributed by atoms with Crippen molar-refractivity contribution in [3.8, 4) is 22.7 Å². The highest BCUT2D eigenvalue weighted by molar-refractivity contribution is 6.74. The second kappa shape index (κ2) is 13.9. The Balaban J connectivity index is 1.77. The maximum Gasteiger partial charge on any atom is 0.356 e. The van der Waals surface area contributed by atoms with Gasteiger partial charge in [0.05, 0.1) is 24.8 Å². The van der Waals surface area contributed by atoms with Crippen molar-refractivity contribution in [3.05, 3.63) is 76.0 Å². The van der Waals surface area contributed by atoms with Crippen LogP contribution in [-0.2, 0) is 4.43 Å². The Morgan fingerprint density at radius 1 is 1.10 bits per heavy atom. The fourth-order valence-corrected chi connectivity index (χ4v) is 6.90. The summed E-state index contributed by atoms with van der Waals surface area (Å²) in [7, 11) is -0.503. The molecule has 1 aliphatic heterocycles. The van der Waals surface area contributed by atoms with Crippen LogP contribution in [0.15, 0.2) is 47.4 Å². The van der Waals surface area contributed by atoms with Gasteiger partial charge >= 0.3 is 5.69 Å². The number of benzene rings is 1. The summed E-state index contributed by atoms with van der Waals surface area (Å²) in [4.78, 5) is 30.1. The molecule has 48 heavy (non-hydrogen) atoms. The van der Waals surface area contributed by atoms with Crippen molar-refractivity contribution >= 4 is 31.2 Å². The van der Waals surface area contributed by atoms with Crippen molar-refractivity contribution < 1.29 is 17.9 Å². The van der Waals surface area contributed by atoms with Crippen molar-refractivity contribution in [1.29, 1.82) is 0 Å². The van der Waals surface area contributed by atoms with E-state index >= 15 is 8.78 Å². The van der Waals surface area contributed by atoms with E-state index in [0.717, 1.165) is 19.3 Å². The minimum Gasteiger partial charge on any atom is -0.494 e. The fraction of sp³-hybridized carbons (Fsp3) is 0.459. The minimum atomic E-state index is -2.02. The highest BCUT2D eigenvalue weighted by Gasteiger charge is 2.36.